The zero-order valence-corrected chi connectivity index (χ0v) is 13.8. The lowest BCUT2D eigenvalue weighted by molar-refractivity contribution is 0.414. The van der Waals surface area contributed by atoms with Gasteiger partial charge >= 0.3 is 0 Å². The SMILES string of the molecule is COc1cccc(Cn2cnc3ccc(C4C=NNC4)cc3c2=O)c1. The first-order valence-corrected chi connectivity index (χ1v) is 8.12. The molecular formula is C19H18N4O2. The number of ether oxygens (including phenoxy) is 1. The molecule has 126 valence electrons. The number of hydrogen-bond donors (Lipinski definition) is 1. The molecule has 1 atom stereocenters. The van der Waals surface area contributed by atoms with Gasteiger partial charge in [-0.15, -0.1) is 0 Å². The van der Waals surface area contributed by atoms with Gasteiger partial charge in [-0.25, -0.2) is 4.98 Å². The highest BCUT2D eigenvalue weighted by Crippen LogP contribution is 2.19. The van der Waals surface area contributed by atoms with Crippen molar-refractivity contribution in [2.75, 3.05) is 13.7 Å². The molecule has 0 aliphatic carbocycles. The molecule has 25 heavy (non-hydrogen) atoms. The molecule has 1 aliphatic rings. The van der Waals surface area contributed by atoms with Crippen molar-refractivity contribution < 1.29 is 4.74 Å². The van der Waals surface area contributed by atoms with Gasteiger partial charge < -0.3 is 10.2 Å². The molecule has 0 saturated carbocycles. The number of hydrogen-bond acceptors (Lipinski definition) is 5. The van der Waals surface area contributed by atoms with Gasteiger partial charge in [-0.3, -0.25) is 9.36 Å². The van der Waals surface area contributed by atoms with Crippen molar-refractivity contribution in [3.8, 4) is 5.75 Å². The second-order valence-electron chi connectivity index (χ2n) is 6.05. The van der Waals surface area contributed by atoms with Crippen LogP contribution in [-0.2, 0) is 6.54 Å². The summed E-state index contributed by atoms with van der Waals surface area (Å²) in [6.07, 6.45) is 3.47. The molecule has 1 aromatic heterocycles. The number of aromatic nitrogens is 2. The summed E-state index contributed by atoms with van der Waals surface area (Å²) in [5, 5.41) is 4.68. The van der Waals surface area contributed by atoms with Crippen molar-refractivity contribution in [3.05, 3.63) is 70.3 Å². The van der Waals surface area contributed by atoms with E-state index >= 15 is 0 Å². The third-order valence-corrected chi connectivity index (χ3v) is 4.42. The van der Waals surface area contributed by atoms with Crippen molar-refractivity contribution in [2.45, 2.75) is 12.5 Å². The van der Waals surface area contributed by atoms with E-state index in [2.05, 4.69) is 15.5 Å². The summed E-state index contributed by atoms with van der Waals surface area (Å²) in [6.45, 7) is 1.21. The molecule has 6 heteroatoms. The van der Waals surface area contributed by atoms with E-state index in [1.54, 1.807) is 18.0 Å². The van der Waals surface area contributed by atoms with Gasteiger partial charge in [0.1, 0.15) is 5.75 Å². The molecule has 0 spiro atoms. The van der Waals surface area contributed by atoms with E-state index in [1.807, 2.05) is 48.7 Å². The second-order valence-corrected chi connectivity index (χ2v) is 6.05. The van der Waals surface area contributed by atoms with Crippen LogP contribution >= 0.6 is 0 Å². The Labute approximate surface area is 144 Å². The average Bonchev–Trinajstić information content (AvgIpc) is 3.19. The van der Waals surface area contributed by atoms with Gasteiger partial charge in [-0.2, -0.15) is 5.10 Å². The molecule has 2 aromatic carbocycles. The third-order valence-electron chi connectivity index (χ3n) is 4.42. The minimum atomic E-state index is -0.0439. The molecule has 0 saturated heterocycles. The Bertz CT molecular complexity index is 1010. The summed E-state index contributed by atoms with van der Waals surface area (Å²) >= 11 is 0. The quantitative estimate of drug-likeness (QED) is 0.793. The predicted octanol–water partition coefficient (Wildman–Crippen LogP) is 2.13. The summed E-state index contributed by atoms with van der Waals surface area (Å²) in [7, 11) is 1.63. The van der Waals surface area contributed by atoms with E-state index in [4.69, 9.17) is 4.74 Å². The standard InChI is InChI=1S/C19H18N4O2/c1-25-16-4-2-3-13(7-16)11-23-12-20-18-6-5-14(8-17(18)19(23)24)15-9-21-22-10-15/h2-9,12,15,22H,10-11H2,1H3. The van der Waals surface area contributed by atoms with Crippen LogP contribution in [0, 0.1) is 0 Å². The van der Waals surface area contributed by atoms with E-state index in [0.717, 1.165) is 23.4 Å². The van der Waals surface area contributed by atoms with Gasteiger partial charge in [0.2, 0.25) is 0 Å². The first-order valence-electron chi connectivity index (χ1n) is 8.12. The Morgan fingerprint density at radius 3 is 3.00 bits per heavy atom. The number of nitrogens with zero attached hydrogens (tertiary/aromatic N) is 3. The molecule has 6 nitrogen and oxygen atoms in total. The van der Waals surface area contributed by atoms with Gasteiger partial charge in [0.15, 0.2) is 0 Å². The average molecular weight is 334 g/mol. The normalized spacial score (nSPS) is 16.1. The highest BCUT2D eigenvalue weighted by Gasteiger charge is 2.14. The van der Waals surface area contributed by atoms with Crippen molar-refractivity contribution >= 4 is 17.1 Å². The fraction of sp³-hybridized carbons (Fsp3) is 0.211. The number of fused-ring (bicyclic) bond motifs is 1. The van der Waals surface area contributed by atoms with E-state index in [-0.39, 0.29) is 11.5 Å². The van der Waals surface area contributed by atoms with Crippen molar-refractivity contribution in [3.63, 3.8) is 0 Å². The first kappa shape index (κ1) is 15.4. The summed E-state index contributed by atoms with van der Waals surface area (Å²) in [4.78, 5) is 17.3. The van der Waals surface area contributed by atoms with Crippen molar-refractivity contribution in [1.29, 1.82) is 0 Å². The van der Waals surface area contributed by atoms with Crippen LogP contribution in [0.3, 0.4) is 0 Å². The maximum absolute atomic E-state index is 12.9. The van der Waals surface area contributed by atoms with Crippen LogP contribution in [0.4, 0.5) is 0 Å². The zero-order chi connectivity index (χ0) is 17.2. The van der Waals surface area contributed by atoms with Gasteiger partial charge in [0.25, 0.3) is 5.56 Å². The lowest BCUT2D eigenvalue weighted by Gasteiger charge is -2.10. The van der Waals surface area contributed by atoms with Crippen LogP contribution < -0.4 is 15.7 Å². The van der Waals surface area contributed by atoms with Crippen LogP contribution in [0.25, 0.3) is 10.9 Å². The Balaban J connectivity index is 1.73. The molecule has 1 unspecified atom stereocenters. The summed E-state index contributed by atoms with van der Waals surface area (Å²) in [5.41, 5.74) is 5.67. The number of benzene rings is 2. The maximum Gasteiger partial charge on any atom is 0.261 e. The van der Waals surface area contributed by atoms with Crippen molar-refractivity contribution in [1.82, 2.24) is 15.0 Å². The third kappa shape index (κ3) is 2.98. The number of nitrogens with one attached hydrogen (secondary N) is 1. The van der Waals surface area contributed by atoms with Crippen LogP contribution in [0.2, 0.25) is 0 Å². The summed E-state index contributed by atoms with van der Waals surface area (Å²) < 4.78 is 6.87. The fourth-order valence-electron chi connectivity index (χ4n) is 3.04. The zero-order valence-electron chi connectivity index (χ0n) is 13.8. The number of methoxy groups -OCH3 is 1. The Hall–Kier alpha value is -3.15. The molecular weight excluding hydrogens is 316 g/mol. The van der Waals surface area contributed by atoms with E-state index in [0.29, 0.717) is 17.4 Å². The first-order chi connectivity index (χ1) is 12.2. The van der Waals surface area contributed by atoms with Crippen LogP contribution in [0.15, 0.2) is 58.7 Å². The van der Waals surface area contributed by atoms with E-state index in [1.165, 1.54) is 0 Å². The molecule has 0 fully saturated rings. The van der Waals surface area contributed by atoms with Gasteiger partial charge in [0.05, 0.1) is 30.9 Å². The lowest BCUT2D eigenvalue weighted by Crippen LogP contribution is -2.21. The van der Waals surface area contributed by atoms with Crippen LogP contribution in [-0.4, -0.2) is 29.4 Å². The Morgan fingerprint density at radius 2 is 2.20 bits per heavy atom. The smallest absolute Gasteiger partial charge is 0.261 e. The van der Waals surface area contributed by atoms with Crippen LogP contribution in [0.5, 0.6) is 5.75 Å². The van der Waals surface area contributed by atoms with Gasteiger partial charge in [0, 0.05) is 18.7 Å². The second kappa shape index (κ2) is 6.39. The lowest BCUT2D eigenvalue weighted by atomic mass is 9.99. The topological polar surface area (TPSA) is 68.5 Å². The minimum Gasteiger partial charge on any atom is -0.497 e. The van der Waals surface area contributed by atoms with Crippen molar-refractivity contribution in [2.24, 2.45) is 5.10 Å². The summed E-state index contributed by atoms with van der Waals surface area (Å²) in [6, 6.07) is 13.5. The molecule has 0 radical (unpaired) electrons. The molecule has 1 N–H and O–H groups in total. The molecule has 3 aromatic rings. The van der Waals surface area contributed by atoms with Crippen LogP contribution in [0.1, 0.15) is 17.0 Å². The Morgan fingerprint density at radius 1 is 1.28 bits per heavy atom. The highest BCUT2D eigenvalue weighted by atomic mass is 16.5. The van der Waals surface area contributed by atoms with E-state index < -0.39 is 0 Å². The largest absolute Gasteiger partial charge is 0.497 e. The molecule has 0 amide bonds. The fourth-order valence-corrected chi connectivity index (χ4v) is 3.04. The van der Waals surface area contributed by atoms with Gasteiger partial charge in [-0.1, -0.05) is 18.2 Å². The Kier molecular flexibility index (Phi) is 3.93. The highest BCUT2D eigenvalue weighted by molar-refractivity contribution is 5.80. The molecule has 2 heterocycles. The minimum absolute atomic E-state index is 0.0439. The molecule has 4 rings (SSSR count). The van der Waals surface area contributed by atoms with Gasteiger partial charge in [-0.05, 0) is 35.4 Å². The molecule has 1 aliphatic heterocycles. The number of hydrazone groups is 1. The predicted molar refractivity (Wildman–Crippen MR) is 97.3 cm³/mol. The number of rotatable bonds is 4. The van der Waals surface area contributed by atoms with E-state index in [9.17, 15) is 4.79 Å². The monoisotopic (exact) mass is 334 g/mol. The maximum atomic E-state index is 12.9. The molecule has 0 bridgehead atoms. The summed E-state index contributed by atoms with van der Waals surface area (Å²) in [5.74, 6) is 0.963.